The van der Waals surface area contributed by atoms with Gasteiger partial charge < -0.3 is 14.2 Å². The van der Waals surface area contributed by atoms with Gasteiger partial charge in [0.25, 0.3) is 0 Å². The Hall–Kier alpha value is -1.84. The van der Waals surface area contributed by atoms with Crippen LogP contribution >= 0.6 is 0 Å². The van der Waals surface area contributed by atoms with Gasteiger partial charge in [0.05, 0.1) is 12.2 Å². The van der Waals surface area contributed by atoms with Gasteiger partial charge in [-0.3, -0.25) is 0 Å². The summed E-state index contributed by atoms with van der Waals surface area (Å²) in [6.45, 7) is 8.44. The topological polar surface area (TPSA) is 31.0 Å². The van der Waals surface area contributed by atoms with E-state index in [9.17, 15) is 0 Å². The molecule has 1 heterocycles. The molecule has 3 nitrogen and oxygen atoms in total. The van der Waals surface area contributed by atoms with Crippen LogP contribution in [-0.2, 0) is 21.5 Å². The predicted octanol–water partition coefficient (Wildman–Crippen LogP) is 4.33. The minimum atomic E-state index is -0.239. The van der Waals surface area contributed by atoms with E-state index in [1.165, 1.54) is 16.7 Å². The summed E-state index contributed by atoms with van der Waals surface area (Å²) >= 11 is 0. The van der Waals surface area contributed by atoms with E-state index in [0.717, 1.165) is 25.4 Å². The van der Waals surface area contributed by atoms with E-state index in [1.807, 2.05) is 19.1 Å². The fourth-order valence-corrected chi connectivity index (χ4v) is 2.76. The summed E-state index contributed by atoms with van der Waals surface area (Å²) in [6, 6.07) is 17.0. The Kier molecular flexibility index (Phi) is 5.22. The molecule has 0 saturated carbocycles. The molecule has 1 aliphatic heterocycles. The predicted molar refractivity (Wildman–Crippen MR) is 95.6 cm³/mol. The second-order valence-electron chi connectivity index (χ2n) is 6.73. The largest absolute Gasteiger partial charge is 0.491 e. The molecule has 24 heavy (non-hydrogen) atoms. The second kappa shape index (κ2) is 7.37. The molecular formula is C21H26O3. The summed E-state index contributed by atoms with van der Waals surface area (Å²) in [5.74, 6) is 0.906. The maximum Gasteiger partial charge on any atom is 0.119 e. The summed E-state index contributed by atoms with van der Waals surface area (Å²) < 4.78 is 16.6. The van der Waals surface area contributed by atoms with Gasteiger partial charge >= 0.3 is 0 Å². The van der Waals surface area contributed by atoms with Crippen molar-refractivity contribution in [1.29, 1.82) is 0 Å². The van der Waals surface area contributed by atoms with E-state index in [0.29, 0.717) is 12.7 Å². The molecule has 2 aromatic carbocycles. The van der Waals surface area contributed by atoms with Crippen LogP contribution in [0.4, 0.5) is 0 Å². The van der Waals surface area contributed by atoms with Gasteiger partial charge in [-0.2, -0.15) is 0 Å². The fraction of sp³-hybridized carbons (Fsp3) is 0.429. The van der Waals surface area contributed by atoms with Crippen LogP contribution in [0.15, 0.2) is 48.5 Å². The Labute approximate surface area is 144 Å². The molecule has 1 fully saturated rings. The van der Waals surface area contributed by atoms with Crippen molar-refractivity contribution < 1.29 is 14.2 Å². The zero-order valence-corrected chi connectivity index (χ0v) is 14.7. The second-order valence-corrected chi connectivity index (χ2v) is 6.73. The summed E-state index contributed by atoms with van der Waals surface area (Å²) in [5.41, 5.74) is 3.55. The van der Waals surface area contributed by atoms with E-state index >= 15 is 0 Å². The average molecular weight is 326 g/mol. The van der Waals surface area contributed by atoms with E-state index in [-0.39, 0.29) is 5.60 Å². The van der Waals surface area contributed by atoms with Crippen molar-refractivity contribution in [2.75, 3.05) is 19.8 Å². The summed E-state index contributed by atoms with van der Waals surface area (Å²) in [4.78, 5) is 0. The standard InChI is InChI=1S/C21H26O3/c1-4-24-21(2,3)18-9-5-16(6-10-18)13-17-7-11-19(12-8-17)22-14-20-15-23-20/h5-12,20H,4,13-15H2,1-3H3. The average Bonchev–Trinajstić information content (AvgIpc) is 3.39. The minimum Gasteiger partial charge on any atom is -0.491 e. The van der Waals surface area contributed by atoms with Gasteiger partial charge in [0.2, 0.25) is 0 Å². The lowest BCUT2D eigenvalue weighted by Gasteiger charge is -2.25. The Bertz CT molecular complexity index is 640. The zero-order valence-electron chi connectivity index (χ0n) is 14.7. The lowest BCUT2D eigenvalue weighted by Crippen LogP contribution is -2.21. The molecule has 3 heteroatoms. The first-order chi connectivity index (χ1) is 11.6. The molecule has 0 N–H and O–H groups in total. The molecular weight excluding hydrogens is 300 g/mol. The quantitative estimate of drug-likeness (QED) is 0.677. The third kappa shape index (κ3) is 4.59. The summed E-state index contributed by atoms with van der Waals surface area (Å²) in [7, 11) is 0. The summed E-state index contributed by atoms with van der Waals surface area (Å²) in [6.07, 6.45) is 1.21. The van der Waals surface area contributed by atoms with Gasteiger partial charge in [-0.15, -0.1) is 0 Å². The SMILES string of the molecule is CCOC(C)(C)c1ccc(Cc2ccc(OCC3CO3)cc2)cc1. The first-order valence-electron chi connectivity index (χ1n) is 8.63. The molecule has 0 aromatic heterocycles. The van der Waals surface area contributed by atoms with Crippen LogP contribution in [0.1, 0.15) is 37.5 Å². The molecule has 1 saturated heterocycles. The maximum absolute atomic E-state index is 5.81. The molecule has 0 spiro atoms. The van der Waals surface area contributed by atoms with E-state index in [2.05, 4.69) is 50.2 Å². The first-order valence-corrected chi connectivity index (χ1v) is 8.63. The zero-order chi connectivity index (χ0) is 17.0. The number of hydrogen-bond acceptors (Lipinski definition) is 3. The molecule has 0 bridgehead atoms. The number of rotatable bonds is 8. The third-order valence-electron chi connectivity index (χ3n) is 4.32. The molecule has 1 aliphatic rings. The molecule has 0 radical (unpaired) electrons. The number of ether oxygens (including phenoxy) is 3. The molecule has 2 aromatic rings. The molecule has 3 rings (SSSR count). The van der Waals surface area contributed by atoms with Crippen molar-refractivity contribution in [3.05, 3.63) is 65.2 Å². The van der Waals surface area contributed by atoms with Gasteiger partial charge in [0, 0.05) is 6.61 Å². The number of epoxide rings is 1. The highest BCUT2D eigenvalue weighted by molar-refractivity contribution is 5.33. The normalized spacial score (nSPS) is 16.9. The Morgan fingerprint density at radius 2 is 1.58 bits per heavy atom. The maximum atomic E-state index is 5.81. The van der Waals surface area contributed by atoms with E-state index in [4.69, 9.17) is 14.2 Å². The number of benzene rings is 2. The van der Waals surface area contributed by atoms with Crippen LogP contribution in [0.5, 0.6) is 5.75 Å². The molecule has 1 atom stereocenters. The van der Waals surface area contributed by atoms with Crippen molar-refractivity contribution in [3.8, 4) is 5.75 Å². The molecule has 128 valence electrons. The highest BCUT2D eigenvalue weighted by Crippen LogP contribution is 2.25. The minimum absolute atomic E-state index is 0.239. The van der Waals surface area contributed by atoms with Gasteiger partial charge in [0.1, 0.15) is 18.5 Å². The van der Waals surface area contributed by atoms with Gasteiger partial charge in [0.15, 0.2) is 0 Å². The Morgan fingerprint density at radius 3 is 2.12 bits per heavy atom. The van der Waals surface area contributed by atoms with Gasteiger partial charge in [-0.05, 0) is 56.0 Å². The third-order valence-corrected chi connectivity index (χ3v) is 4.32. The van der Waals surface area contributed by atoms with E-state index in [1.54, 1.807) is 0 Å². The van der Waals surface area contributed by atoms with Crippen molar-refractivity contribution >= 4 is 0 Å². The van der Waals surface area contributed by atoms with Gasteiger partial charge in [-0.25, -0.2) is 0 Å². The lowest BCUT2D eigenvalue weighted by atomic mass is 9.95. The van der Waals surface area contributed by atoms with Gasteiger partial charge in [-0.1, -0.05) is 36.4 Å². The smallest absolute Gasteiger partial charge is 0.119 e. The molecule has 1 unspecified atom stereocenters. The highest BCUT2D eigenvalue weighted by Gasteiger charge is 2.23. The van der Waals surface area contributed by atoms with Crippen molar-refractivity contribution in [1.82, 2.24) is 0 Å². The molecule has 0 aliphatic carbocycles. The van der Waals surface area contributed by atoms with Crippen LogP contribution in [0.25, 0.3) is 0 Å². The summed E-state index contributed by atoms with van der Waals surface area (Å²) in [5, 5.41) is 0. The first kappa shape index (κ1) is 17.0. The lowest BCUT2D eigenvalue weighted by molar-refractivity contribution is -0.0140. The molecule has 0 amide bonds. The van der Waals surface area contributed by atoms with Crippen LogP contribution in [0.2, 0.25) is 0 Å². The van der Waals surface area contributed by atoms with E-state index < -0.39 is 0 Å². The van der Waals surface area contributed by atoms with Crippen molar-refractivity contribution in [3.63, 3.8) is 0 Å². The number of hydrogen-bond donors (Lipinski definition) is 0. The van der Waals surface area contributed by atoms with Crippen LogP contribution < -0.4 is 4.74 Å². The van der Waals surface area contributed by atoms with Crippen LogP contribution in [0, 0.1) is 0 Å². The Balaban J connectivity index is 1.58. The Morgan fingerprint density at radius 1 is 1.00 bits per heavy atom. The fourth-order valence-electron chi connectivity index (χ4n) is 2.76. The monoisotopic (exact) mass is 326 g/mol. The highest BCUT2D eigenvalue weighted by atomic mass is 16.6. The van der Waals surface area contributed by atoms with Crippen molar-refractivity contribution in [2.24, 2.45) is 0 Å². The van der Waals surface area contributed by atoms with Crippen LogP contribution in [-0.4, -0.2) is 25.9 Å². The van der Waals surface area contributed by atoms with Crippen molar-refractivity contribution in [2.45, 2.75) is 38.9 Å². The van der Waals surface area contributed by atoms with Crippen LogP contribution in [0.3, 0.4) is 0 Å².